The second kappa shape index (κ2) is 6.00. The second-order valence-corrected chi connectivity index (χ2v) is 4.69. The van der Waals surface area contributed by atoms with Gasteiger partial charge in [0.05, 0.1) is 0 Å². The van der Waals surface area contributed by atoms with Crippen molar-refractivity contribution in [2.45, 2.75) is 32.0 Å². The lowest BCUT2D eigenvalue weighted by Gasteiger charge is -2.06. The van der Waals surface area contributed by atoms with Gasteiger partial charge in [0.2, 0.25) is 0 Å². The standard InChI is InChI=1S/C13H15BrN4/c1-3-4-11-10(5-14)8-17-13(18-11)12-15-6-9(2)7-16-12/h6-8H,3-5H2,1-2H3. The SMILES string of the molecule is CCCc1nc(-c2ncc(C)cn2)ncc1CBr. The van der Waals surface area contributed by atoms with Gasteiger partial charge in [0.25, 0.3) is 0 Å². The molecule has 0 aliphatic heterocycles. The van der Waals surface area contributed by atoms with Gasteiger partial charge in [-0.15, -0.1) is 0 Å². The summed E-state index contributed by atoms with van der Waals surface area (Å²) in [6.45, 7) is 4.10. The van der Waals surface area contributed by atoms with Crippen LogP contribution in [0.2, 0.25) is 0 Å². The minimum atomic E-state index is 0.582. The molecule has 18 heavy (non-hydrogen) atoms. The maximum Gasteiger partial charge on any atom is 0.197 e. The molecule has 0 aliphatic rings. The minimum Gasteiger partial charge on any atom is -0.234 e. The zero-order valence-electron chi connectivity index (χ0n) is 10.5. The molecule has 2 aromatic heterocycles. The van der Waals surface area contributed by atoms with Crippen LogP contribution in [0.25, 0.3) is 11.6 Å². The predicted molar refractivity (Wildman–Crippen MR) is 74.4 cm³/mol. The van der Waals surface area contributed by atoms with Crippen molar-refractivity contribution in [3.63, 3.8) is 0 Å². The number of hydrogen-bond donors (Lipinski definition) is 0. The van der Waals surface area contributed by atoms with Crippen molar-refractivity contribution in [2.24, 2.45) is 0 Å². The van der Waals surface area contributed by atoms with Gasteiger partial charge in [-0.2, -0.15) is 0 Å². The number of hydrogen-bond acceptors (Lipinski definition) is 4. The molecule has 0 bridgehead atoms. The third-order valence-corrected chi connectivity index (χ3v) is 3.17. The van der Waals surface area contributed by atoms with Gasteiger partial charge >= 0.3 is 0 Å². The number of aryl methyl sites for hydroxylation is 2. The second-order valence-electron chi connectivity index (χ2n) is 4.13. The van der Waals surface area contributed by atoms with Crippen molar-refractivity contribution in [2.75, 3.05) is 0 Å². The van der Waals surface area contributed by atoms with E-state index in [0.717, 1.165) is 35.0 Å². The van der Waals surface area contributed by atoms with Gasteiger partial charge in [-0.05, 0) is 18.9 Å². The van der Waals surface area contributed by atoms with Crippen molar-refractivity contribution in [3.8, 4) is 11.6 Å². The molecule has 0 saturated carbocycles. The third kappa shape index (κ3) is 2.90. The highest BCUT2D eigenvalue weighted by atomic mass is 79.9. The van der Waals surface area contributed by atoms with E-state index in [-0.39, 0.29) is 0 Å². The van der Waals surface area contributed by atoms with E-state index in [4.69, 9.17) is 0 Å². The van der Waals surface area contributed by atoms with E-state index in [9.17, 15) is 0 Å². The summed E-state index contributed by atoms with van der Waals surface area (Å²) in [6, 6.07) is 0. The molecule has 0 spiro atoms. The van der Waals surface area contributed by atoms with E-state index >= 15 is 0 Å². The summed E-state index contributed by atoms with van der Waals surface area (Å²) in [7, 11) is 0. The van der Waals surface area contributed by atoms with E-state index < -0.39 is 0 Å². The van der Waals surface area contributed by atoms with Crippen molar-refractivity contribution >= 4 is 15.9 Å². The first-order chi connectivity index (χ1) is 8.74. The number of aromatic nitrogens is 4. The molecule has 0 radical (unpaired) electrons. The van der Waals surface area contributed by atoms with Crippen LogP contribution in [0.15, 0.2) is 18.6 Å². The van der Waals surface area contributed by atoms with E-state index in [1.54, 1.807) is 12.4 Å². The van der Waals surface area contributed by atoms with Crippen molar-refractivity contribution < 1.29 is 0 Å². The quantitative estimate of drug-likeness (QED) is 0.815. The van der Waals surface area contributed by atoms with Gasteiger partial charge in [0, 0.05) is 35.2 Å². The smallest absolute Gasteiger partial charge is 0.197 e. The van der Waals surface area contributed by atoms with Crippen LogP contribution in [0, 0.1) is 6.92 Å². The molecule has 0 saturated heterocycles. The fourth-order valence-corrected chi connectivity index (χ4v) is 2.09. The molecule has 5 heteroatoms. The summed E-state index contributed by atoms with van der Waals surface area (Å²) in [5.74, 6) is 1.18. The van der Waals surface area contributed by atoms with Crippen LogP contribution >= 0.6 is 15.9 Å². The zero-order valence-corrected chi connectivity index (χ0v) is 12.1. The van der Waals surface area contributed by atoms with E-state index in [0.29, 0.717) is 11.6 Å². The molecule has 0 aromatic carbocycles. The Morgan fingerprint density at radius 3 is 2.33 bits per heavy atom. The van der Waals surface area contributed by atoms with Crippen LogP contribution in [0.5, 0.6) is 0 Å². The van der Waals surface area contributed by atoms with E-state index in [2.05, 4.69) is 42.8 Å². The van der Waals surface area contributed by atoms with Gasteiger partial charge in [-0.1, -0.05) is 29.3 Å². The minimum absolute atomic E-state index is 0.582. The average Bonchev–Trinajstić information content (AvgIpc) is 2.40. The Morgan fingerprint density at radius 2 is 1.72 bits per heavy atom. The molecule has 0 N–H and O–H groups in total. The Kier molecular flexibility index (Phi) is 4.36. The lowest BCUT2D eigenvalue weighted by Crippen LogP contribution is -2.02. The maximum atomic E-state index is 4.57. The van der Waals surface area contributed by atoms with Crippen LogP contribution in [-0.4, -0.2) is 19.9 Å². The Labute approximate surface area is 115 Å². The fourth-order valence-electron chi connectivity index (χ4n) is 1.62. The summed E-state index contributed by atoms with van der Waals surface area (Å²) in [5.41, 5.74) is 3.24. The van der Waals surface area contributed by atoms with Crippen LogP contribution < -0.4 is 0 Å². The first kappa shape index (κ1) is 13.1. The molecule has 2 aromatic rings. The highest BCUT2D eigenvalue weighted by molar-refractivity contribution is 9.08. The van der Waals surface area contributed by atoms with Gasteiger partial charge in [0.1, 0.15) is 0 Å². The third-order valence-electron chi connectivity index (χ3n) is 2.57. The summed E-state index contributed by atoms with van der Waals surface area (Å²) in [4.78, 5) is 17.4. The van der Waals surface area contributed by atoms with E-state index in [1.807, 2.05) is 13.1 Å². The molecule has 0 aliphatic carbocycles. The van der Waals surface area contributed by atoms with Crippen molar-refractivity contribution in [1.29, 1.82) is 0 Å². The molecule has 2 heterocycles. The predicted octanol–water partition coefficient (Wildman–Crippen LogP) is 3.09. The summed E-state index contributed by atoms with van der Waals surface area (Å²) in [5, 5.41) is 0.775. The monoisotopic (exact) mass is 306 g/mol. The zero-order chi connectivity index (χ0) is 13.0. The average molecular weight is 307 g/mol. The first-order valence-electron chi connectivity index (χ1n) is 5.94. The van der Waals surface area contributed by atoms with E-state index in [1.165, 1.54) is 0 Å². The number of rotatable bonds is 4. The van der Waals surface area contributed by atoms with Crippen LogP contribution in [0.4, 0.5) is 0 Å². The van der Waals surface area contributed by atoms with Crippen LogP contribution in [-0.2, 0) is 11.8 Å². The highest BCUT2D eigenvalue weighted by Crippen LogP contribution is 2.16. The molecule has 0 atom stereocenters. The summed E-state index contributed by atoms with van der Waals surface area (Å²) < 4.78 is 0. The molecule has 0 amide bonds. The summed E-state index contributed by atoms with van der Waals surface area (Å²) >= 11 is 3.46. The Hall–Kier alpha value is -1.36. The lowest BCUT2D eigenvalue weighted by atomic mass is 10.1. The number of alkyl halides is 1. The highest BCUT2D eigenvalue weighted by Gasteiger charge is 2.09. The Balaban J connectivity index is 2.39. The molecule has 0 unspecified atom stereocenters. The number of nitrogens with zero attached hydrogens (tertiary/aromatic N) is 4. The molecule has 2 rings (SSSR count). The largest absolute Gasteiger partial charge is 0.234 e. The van der Waals surface area contributed by atoms with Crippen molar-refractivity contribution in [1.82, 2.24) is 19.9 Å². The van der Waals surface area contributed by atoms with Gasteiger partial charge in [-0.3, -0.25) is 0 Å². The van der Waals surface area contributed by atoms with Crippen LogP contribution in [0.1, 0.15) is 30.2 Å². The molecule has 94 valence electrons. The normalized spacial score (nSPS) is 10.6. The number of halogens is 1. The van der Waals surface area contributed by atoms with Crippen molar-refractivity contribution in [3.05, 3.63) is 35.4 Å². The fraction of sp³-hybridized carbons (Fsp3) is 0.385. The molecule has 0 fully saturated rings. The Bertz CT molecular complexity index is 525. The summed E-state index contributed by atoms with van der Waals surface area (Å²) in [6.07, 6.45) is 7.42. The Morgan fingerprint density at radius 1 is 1.06 bits per heavy atom. The molecular formula is C13H15BrN4. The maximum absolute atomic E-state index is 4.57. The first-order valence-corrected chi connectivity index (χ1v) is 7.06. The van der Waals surface area contributed by atoms with Gasteiger partial charge in [-0.25, -0.2) is 19.9 Å². The molecule has 4 nitrogen and oxygen atoms in total. The molecular weight excluding hydrogens is 292 g/mol. The van der Waals surface area contributed by atoms with Crippen LogP contribution in [0.3, 0.4) is 0 Å². The topological polar surface area (TPSA) is 51.6 Å². The van der Waals surface area contributed by atoms with Gasteiger partial charge < -0.3 is 0 Å². The lowest BCUT2D eigenvalue weighted by molar-refractivity contribution is 0.856. The van der Waals surface area contributed by atoms with Gasteiger partial charge in [0.15, 0.2) is 11.6 Å².